The molecule has 0 aromatic carbocycles. The van der Waals surface area contributed by atoms with Crippen LogP contribution in [0, 0.1) is 0 Å². The van der Waals surface area contributed by atoms with Gasteiger partial charge in [-0.2, -0.15) is 4.31 Å². The molecule has 7 heteroatoms. The largest absolute Gasteiger partial charge is 0.392 e. The van der Waals surface area contributed by atoms with E-state index in [-0.39, 0.29) is 11.3 Å². The summed E-state index contributed by atoms with van der Waals surface area (Å²) in [4.78, 5) is 2.77. The predicted molar refractivity (Wildman–Crippen MR) is 89.8 cm³/mol. The van der Waals surface area contributed by atoms with Crippen LogP contribution in [0.25, 0.3) is 0 Å². The van der Waals surface area contributed by atoms with Crippen LogP contribution in [0.4, 0.5) is 0 Å². The van der Waals surface area contributed by atoms with Gasteiger partial charge in [-0.25, -0.2) is 8.42 Å². The lowest BCUT2D eigenvalue weighted by Crippen LogP contribution is -2.55. The Bertz CT molecular complexity index is 453. The van der Waals surface area contributed by atoms with E-state index in [0.717, 1.165) is 51.6 Å². The van der Waals surface area contributed by atoms with Gasteiger partial charge in [0.2, 0.25) is 10.0 Å². The fourth-order valence-electron chi connectivity index (χ4n) is 3.44. The Labute approximate surface area is 133 Å². The number of hydrogen-bond acceptors (Lipinski definition) is 4. The summed E-state index contributed by atoms with van der Waals surface area (Å²) in [6.45, 7) is 4.72. The Morgan fingerprint density at radius 3 is 2.29 bits per heavy atom. The lowest BCUT2D eigenvalue weighted by Gasteiger charge is -2.39. The van der Waals surface area contributed by atoms with Crippen molar-refractivity contribution in [3.05, 3.63) is 0 Å². The molecule has 1 aliphatic carbocycles. The van der Waals surface area contributed by atoms with Crippen LogP contribution in [0.1, 0.15) is 45.4 Å². The first-order chi connectivity index (χ1) is 9.96. The van der Waals surface area contributed by atoms with E-state index in [1.807, 2.05) is 0 Å². The van der Waals surface area contributed by atoms with Crippen molar-refractivity contribution in [2.45, 2.75) is 56.7 Å². The highest BCUT2D eigenvalue weighted by Gasteiger charge is 2.36. The van der Waals surface area contributed by atoms with Crippen LogP contribution in [-0.2, 0) is 10.0 Å². The first kappa shape index (κ1) is 17.1. The van der Waals surface area contributed by atoms with Crippen molar-refractivity contribution in [1.29, 1.82) is 0 Å². The molecule has 1 saturated carbocycles. The van der Waals surface area contributed by atoms with Crippen LogP contribution < -0.4 is 5.73 Å². The second-order valence-corrected chi connectivity index (χ2v) is 8.78. The molecule has 1 atom stereocenters. The van der Waals surface area contributed by atoms with E-state index >= 15 is 0 Å². The molecule has 0 radical (unpaired) electrons. The van der Waals surface area contributed by atoms with Gasteiger partial charge in [-0.15, -0.1) is 0 Å². The number of hydrogen-bond donors (Lipinski definition) is 1. The van der Waals surface area contributed by atoms with Crippen LogP contribution >= 0.6 is 12.2 Å². The Kier molecular flexibility index (Phi) is 5.99. The van der Waals surface area contributed by atoms with E-state index in [4.69, 9.17) is 18.0 Å². The summed E-state index contributed by atoms with van der Waals surface area (Å²) in [5.74, 6) is 0. The molecule has 122 valence electrons. The van der Waals surface area contributed by atoms with E-state index < -0.39 is 10.0 Å². The van der Waals surface area contributed by atoms with Crippen LogP contribution in [0.3, 0.4) is 0 Å². The quantitative estimate of drug-likeness (QED) is 0.743. The molecular formula is C14H27N3O2S2. The van der Waals surface area contributed by atoms with Gasteiger partial charge in [-0.3, -0.25) is 4.90 Å². The van der Waals surface area contributed by atoms with Crippen molar-refractivity contribution in [2.24, 2.45) is 5.73 Å². The average molecular weight is 334 g/mol. The molecule has 2 N–H and O–H groups in total. The number of piperazine rings is 1. The lowest BCUT2D eigenvalue weighted by molar-refractivity contribution is 0.161. The normalized spacial score (nSPS) is 24.2. The summed E-state index contributed by atoms with van der Waals surface area (Å²) >= 11 is 5.16. The van der Waals surface area contributed by atoms with Crippen molar-refractivity contribution >= 4 is 27.2 Å². The minimum Gasteiger partial charge on any atom is -0.392 e. The molecule has 1 aliphatic heterocycles. The first-order valence-electron chi connectivity index (χ1n) is 7.99. The topological polar surface area (TPSA) is 66.6 Å². The van der Waals surface area contributed by atoms with E-state index in [0.29, 0.717) is 18.1 Å². The summed E-state index contributed by atoms with van der Waals surface area (Å²) in [6, 6.07) is 0.112. The molecule has 1 heterocycles. The molecule has 2 fully saturated rings. The fourth-order valence-corrected chi connectivity index (χ4v) is 5.73. The van der Waals surface area contributed by atoms with Gasteiger partial charge in [-0.05, 0) is 19.3 Å². The van der Waals surface area contributed by atoms with Crippen LogP contribution in [0.15, 0.2) is 0 Å². The Hall–Kier alpha value is -0.240. The number of thiocarbonyl (C=S) groups is 1. The monoisotopic (exact) mass is 333 g/mol. The number of sulfonamides is 1. The lowest BCUT2D eigenvalue weighted by atomic mass is 10.1. The smallest absolute Gasteiger partial charge is 0.217 e. The third-order valence-corrected chi connectivity index (χ3v) is 7.36. The van der Waals surface area contributed by atoms with Gasteiger partial charge in [0.1, 0.15) is 0 Å². The van der Waals surface area contributed by atoms with Crippen molar-refractivity contribution in [1.82, 2.24) is 9.21 Å². The maximum Gasteiger partial charge on any atom is 0.217 e. The van der Waals surface area contributed by atoms with Crippen LogP contribution in [0.5, 0.6) is 0 Å². The number of nitrogens with zero attached hydrogens (tertiary/aromatic N) is 2. The molecule has 2 aliphatic rings. The third-order valence-electron chi connectivity index (χ3n) is 4.69. The van der Waals surface area contributed by atoms with Gasteiger partial charge in [0.05, 0.1) is 16.3 Å². The van der Waals surface area contributed by atoms with Gasteiger partial charge in [0, 0.05) is 26.2 Å². The predicted octanol–water partition coefficient (Wildman–Crippen LogP) is 1.33. The van der Waals surface area contributed by atoms with E-state index in [1.54, 1.807) is 4.31 Å². The molecule has 5 nitrogen and oxygen atoms in total. The maximum atomic E-state index is 12.6. The molecule has 21 heavy (non-hydrogen) atoms. The summed E-state index contributed by atoms with van der Waals surface area (Å²) in [7, 11) is -3.10. The summed E-state index contributed by atoms with van der Waals surface area (Å²) in [5, 5.41) is -0.147. The van der Waals surface area contributed by atoms with Crippen molar-refractivity contribution in [2.75, 3.05) is 26.2 Å². The van der Waals surface area contributed by atoms with Crippen molar-refractivity contribution in [3.63, 3.8) is 0 Å². The minimum atomic E-state index is -3.10. The zero-order valence-electron chi connectivity index (χ0n) is 12.8. The highest BCUT2D eigenvalue weighted by molar-refractivity contribution is 7.89. The van der Waals surface area contributed by atoms with Gasteiger partial charge in [0.25, 0.3) is 0 Å². The third kappa shape index (κ3) is 3.94. The Morgan fingerprint density at radius 1 is 1.24 bits per heavy atom. The van der Waals surface area contributed by atoms with Gasteiger partial charge in [0.15, 0.2) is 0 Å². The summed E-state index contributed by atoms with van der Waals surface area (Å²) in [6.07, 6.45) is 5.73. The highest BCUT2D eigenvalue weighted by Crippen LogP contribution is 2.28. The maximum absolute atomic E-state index is 12.6. The molecule has 0 spiro atoms. The zero-order valence-corrected chi connectivity index (χ0v) is 14.5. The Morgan fingerprint density at radius 2 is 1.81 bits per heavy atom. The number of rotatable bonds is 6. The van der Waals surface area contributed by atoms with Gasteiger partial charge in [-0.1, -0.05) is 38.4 Å². The van der Waals surface area contributed by atoms with E-state index in [9.17, 15) is 8.42 Å². The highest BCUT2D eigenvalue weighted by atomic mass is 32.2. The van der Waals surface area contributed by atoms with E-state index in [1.165, 1.54) is 0 Å². The van der Waals surface area contributed by atoms with Crippen LogP contribution in [-0.4, -0.2) is 60.1 Å². The fraction of sp³-hybridized carbons (Fsp3) is 0.929. The Balaban J connectivity index is 1.94. The molecule has 0 bridgehead atoms. The van der Waals surface area contributed by atoms with Gasteiger partial charge < -0.3 is 5.73 Å². The SMILES string of the molecule is CCCC(C(N)=S)N1CCN(S(=O)(=O)C2CCCC2)CC1. The second kappa shape index (κ2) is 7.35. The average Bonchev–Trinajstić information content (AvgIpc) is 2.99. The molecule has 2 rings (SSSR count). The summed E-state index contributed by atoms with van der Waals surface area (Å²) < 4.78 is 26.8. The molecule has 0 amide bonds. The standard InChI is InChI=1S/C14H27N3O2S2/c1-2-5-13(14(15)20)16-8-10-17(11-9-16)21(18,19)12-6-3-4-7-12/h12-13H,2-11H2,1H3,(H2,15,20). The van der Waals surface area contributed by atoms with Gasteiger partial charge >= 0.3 is 0 Å². The van der Waals surface area contributed by atoms with E-state index in [2.05, 4.69) is 11.8 Å². The number of nitrogens with two attached hydrogens (primary N) is 1. The van der Waals surface area contributed by atoms with Crippen molar-refractivity contribution in [3.8, 4) is 0 Å². The molecule has 0 aromatic rings. The molecule has 1 saturated heterocycles. The summed E-state index contributed by atoms with van der Waals surface area (Å²) in [5.41, 5.74) is 5.83. The van der Waals surface area contributed by atoms with Crippen LogP contribution in [0.2, 0.25) is 0 Å². The molecule has 1 unspecified atom stereocenters. The minimum absolute atomic E-state index is 0.112. The zero-order chi connectivity index (χ0) is 15.5. The molecule has 0 aromatic heterocycles. The first-order valence-corrected chi connectivity index (χ1v) is 9.90. The molecular weight excluding hydrogens is 306 g/mol. The second-order valence-electron chi connectivity index (χ2n) is 6.09. The van der Waals surface area contributed by atoms with Crippen molar-refractivity contribution < 1.29 is 8.42 Å².